The molecule has 6 nitrogen and oxygen atoms in total. The summed E-state index contributed by atoms with van der Waals surface area (Å²) in [5.74, 6) is -1.15. The minimum absolute atomic E-state index is 0. The summed E-state index contributed by atoms with van der Waals surface area (Å²) in [6.07, 6.45) is -0.0340. The summed E-state index contributed by atoms with van der Waals surface area (Å²) >= 11 is 0. The topological polar surface area (TPSA) is 101 Å². The van der Waals surface area contributed by atoms with Gasteiger partial charge in [0.15, 0.2) is 0 Å². The minimum atomic E-state index is -3.94. The fourth-order valence-electron chi connectivity index (χ4n) is 1.34. The highest BCUT2D eigenvalue weighted by Gasteiger charge is 2.17. The fourth-order valence-corrected chi connectivity index (χ4v) is 2.45. The van der Waals surface area contributed by atoms with Gasteiger partial charge in [-0.15, -0.1) is 12.4 Å². The quantitative estimate of drug-likeness (QED) is 0.656. The van der Waals surface area contributed by atoms with Crippen molar-refractivity contribution in [2.75, 3.05) is 19.6 Å². The molecule has 0 saturated carbocycles. The van der Waals surface area contributed by atoms with E-state index in [0.717, 1.165) is 12.1 Å². The van der Waals surface area contributed by atoms with Gasteiger partial charge in [0.05, 0.1) is 0 Å². The van der Waals surface area contributed by atoms with Crippen molar-refractivity contribution in [3.8, 4) is 0 Å². The van der Waals surface area contributed by atoms with E-state index < -0.39 is 20.7 Å². The van der Waals surface area contributed by atoms with Crippen molar-refractivity contribution in [2.24, 2.45) is 5.73 Å². The van der Waals surface area contributed by atoms with Crippen LogP contribution in [-0.4, -0.2) is 34.0 Å². The fraction of sp³-hybridized carbons (Fsp3) is 0.364. The molecule has 0 aliphatic carbocycles. The lowest BCUT2D eigenvalue weighted by Gasteiger charge is -2.07. The molecule has 114 valence electrons. The molecule has 4 N–H and O–H groups in total. The summed E-state index contributed by atoms with van der Waals surface area (Å²) in [4.78, 5) is 10.8. The molecule has 0 unspecified atom stereocenters. The lowest BCUT2D eigenvalue weighted by molar-refractivity contribution is -0.120. The van der Waals surface area contributed by atoms with E-state index in [4.69, 9.17) is 5.73 Å². The summed E-state index contributed by atoms with van der Waals surface area (Å²) in [7, 11) is -3.94. The Hall–Kier alpha value is -1.22. The van der Waals surface area contributed by atoms with Crippen molar-refractivity contribution in [2.45, 2.75) is 11.3 Å². The van der Waals surface area contributed by atoms with Gasteiger partial charge in [0, 0.05) is 26.1 Å². The third-order valence-corrected chi connectivity index (χ3v) is 3.73. The van der Waals surface area contributed by atoms with Gasteiger partial charge in [-0.1, -0.05) is 12.1 Å². The van der Waals surface area contributed by atoms with Crippen LogP contribution in [-0.2, 0) is 14.8 Å². The predicted octanol–water partition coefficient (Wildman–Crippen LogP) is -0.00920. The van der Waals surface area contributed by atoms with Gasteiger partial charge in [0.1, 0.15) is 10.7 Å². The van der Waals surface area contributed by atoms with Crippen LogP contribution in [0.5, 0.6) is 0 Å². The van der Waals surface area contributed by atoms with Crippen LogP contribution in [0, 0.1) is 5.82 Å². The van der Waals surface area contributed by atoms with Gasteiger partial charge in [-0.25, -0.2) is 17.5 Å². The summed E-state index contributed by atoms with van der Waals surface area (Å²) in [5.41, 5.74) is 5.20. The van der Waals surface area contributed by atoms with Crippen LogP contribution in [0.1, 0.15) is 6.42 Å². The first kappa shape index (κ1) is 18.8. The molecule has 0 aliphatic rings. The number of nitrogens with one attached hydrogen (secondary N) is 2. The molecule has 1 rings (SSSR count). The number of hydrogen-bond acceptors (Lipinski definition) is 4. The van der Waals surface area contributed by atoms with Crippen LogP contribution >= 0.6 is 12.4 Å². The lowest BCUT2D eigenvalue weighted by Crippen LogP contribution is -2.33. The van der Waals surface area contributed by atoms with Crippen molar-refractivity contribution in [1.29, 1.82) is 0 Å². The highest BCUT2D eigenvalue weighted by molar-refractivity contribution is 7.89. The van der Waals surface area contributed by atoms with E-state index in [2.05, 4.69) is 10.0 Å². The number of sulfonamides is 1. The van der Waals surface area contributed by atoms with Crippen LogP contribution in [0.15, 0.2) is 29.2 Å². The smallest absolute Gasteiger partial charge is 0.243 e. The molecule has 0 aliphatic heterocycles. The van der Waals surface area contributed by atoms with Crippen LogP contribution < -0.4 is 15.8 Å². The zero-order valence-corrected chi connectivity index (χ0v) is 12.3. The van der Waals surface area contributed by atoms with E-state index in [1.54, 1.807) is 0 Å². The standard InChI is InChI=1S/C11H16FN3O3S.ClH/c12-9-3-1-2-4-10(9)19(17,18)15-7-5-11(16)14-8-6-13;/h1-4,15H,5-8,13H2,(H,14,16);1H. The Bertz CT molecular complexity index is 539. The average molecular weight is 326 g/mol. The largest absolute Gasteiger partial charge is 0.355 e. The Labute approximate surface area is 123 Å². The third-order valence-electron chi connectivity index (χ3n) is 2.24. The number of hydrogen-bond donors (Lipinski definition) is 3. The molecule has 0 spiro atoms. The van der Waals surface area contributed by atoms with Crippen molar-refractivity contribution < 1.29 is 17.6 Å². The van der Waals surface area contributed by atoms with E-state index in [-0.39, 0.29) is 31.3 Å². The number of nitrogens with two attached hydrogens (primary N) is 1. The normalized spacial score (nSPS) is 10.7. The number of amides is 1. The molecule has 0 bridgehead atoms. The molecule has 0 radical (unpaired) electrons. The summed E-state index contributed by atoms with van der Waals surface area (Å²) in [6, 6.07) is 5.04. The molecule has 0 atom stereocenters. The third kappa shape index (κ3) is 5.83. The Morgan fingerprint density at radius 3 is 2.50 bits per heavy atom. The second-order valence-electron chi connectivity index (χ2n) is 3.72. The maximum absolute atomic E-state index is 13.3. The Morgan fingerprint density at radius 1 is 1.25 bits per heavy atom. The molecular formula is C11H17ClFN3O3S. The second kappa shape index (κ2) is 8.85. The zero-order chi connectivity index (χ0) is 14.3. The molecule has 20 heavy (non-hydrogen) atoms. The molecule has 0 fully saturated rings. The molecule has 0 saturated heterocycles. The number of carbonyl (C=O) groups excluding carboxylic acids is 1. The average Bonchev–Trinajstić information content (AvgIpc) is 2.36. The Kier molecular flexibility index (Phi) is 8.31. The van der Waals surface area contributed by atoms with Gasteiger partial charge in [-0.05, 0) is 12.1 Å². The van der Waals surface area contributed by atoms with Crippen LogP contribution in [0.2, 0.25) is 0 Å². The Morgan fingerprint density at radius 2 is 1.90 bits per heavy atom. The van der Waals surface area contributed by atoms with Gasteiger partial charge in [0.25, 0.3) is 0 Å². The van der Waals surface area contributed by atoms with E-state index in [0.29, 0.717) is 13.1 Å². The van der Waals surface area contributed by atoms with Gasteiger partial charge >= 0.3 is 0 Å². The van der Waals surface area contributed by atoms with Crippen molar-refractivity contribution in [3.63, 3.8) is 0 Å². The molecule has 1 aromatic rings. The zero-order valence-electron chi connectivity index (χ0n) is 10.6. The van der Waals surface area contributed by atoms with Crippen molar-refractivity contribution in [3.05, 3.63) is 30.1 Å². The number of benzene rings is 1. The van der Waals surface area contributed by atoms with E-state index >= 15 is 0 Å². The van der Waals surface area contributed by atoms with Gasteiger partial charge in [-0.3, -0.25) is 4.79 Å². The van der Waals surface area contributed by atoms with Crippen molar-refractivity contribution in [1.82, 2.24) is 10.0 Å². The van der Waals surface area contributed by atoms with Crippen LogP contribution in [0.25, 0.3) is 0 Å². The monoisotopic (exact) mass is 325 g/mol. The number of halogens is 2. The van der Waals surface area contributed by atoms with E-state index in [1.165, 1.54) is 12.1 Å². The molecule has 0 heterocycles. The lowest BCUT2D eigenvalue weighted by atomic mass is 10.4. The summed E-state index contributed by atoms with van der Waals surface area (Å²) < 4.78 is 39.0. The maximum Gasteiger partial charge on any atom is 0.243 e. The SMILES string of the molecule is Cl.NCCNC(=O)CCNS(=O)(=O)c1ccccc1F. The summed E-state index contributed by atoms with van der Waals surface area (Å²) in [5, 5.41) is 2.50. The van der Waals surface area contributed by atoms with Gasteiger partial charge in [0.2, 0.25) is 15.9 Å². The maximum atomic E-state index is 13.3. The first-order valence-corrected chi connectivity index (χ1v) is 7.16. The molecule has 0 aromatic heterocycles. The minimum Gasteiger partial charge on any atom is -0.355 e. The molecule has 1 amide bonds. The highest BCUT2D eigenvalue weighted by atomic mass is 35.5. The highest BCUT2D eigenvalue weighted by Crippen LogP contribution is 2.12. The van der Waals surface area contributed by atoms with E-state index in [1.807, 2.05) is 0 Å². The van der Waals surface area contributed by atoms with E-state index in [9.17, 15) is 17.6 Å². The summed E-state index contributed by atoms with van der Waals surface area (Å²) in [6.45, 7) is 0.540. The number of carbonyl (C=O) groups is 1. The number of rotatable bonds is 7. The van der Waals surface area contributed by atoms with Crippen molar-refractivity contribution >= 4 is 28.3 Å². The van der Waals surface area contributed by atoms with Crippen LogP contribution in [0.3, 0.4) is 0 Å². The Balaban J connectivity index is 0.00000361. The van der Waals surface area contributed by atoms with Gasteiger partial charge in [-0.2, -0.15) is 0 Å². The first-order valence-electron chi connectivity index (χ1n) is 5.68. The first-order chi connectivity index (χ1) is 8.97. The van der Waals surface area contributed by atoms with Crippen LogP contribution in [0.4, 0.5) is 4.39 Å². The molecular weight excluding hydrogens is 309 g/mol. The second-order valence-corrected chi connectivity index (χ2v) is 5.45. The molecule has 9 heteroatoms. The van der Waals surface area contributed by atoms with Gasteiger partial charge < -0.3 is 11.1 Å². The molecule has 1 aromatic carbocycles. The predicted molar refractivity (Wildman–Crippen MR) is 75.5 cm³/mol.